The topological polar surface area (TPSA) is 161 Å². The summed E-state index contributed by atoms with van der Waals surface area (Å²) in [5, 5.41) is 9.47. The van der Waals surface area contributed by atoms with Gasteiger partial charge >= 0.3 is 12.2 Å². The van der Waals surface area contributed by atoms with Crippen LogP contribution in [0.25, 0.3) is 0 Å². The van der Waals surface area contributed by atoms with Crippen LogP contribution in [0.2, 0.25) is 0 Å². The van der Waals surface area contributed by atoms with Crippen LogP contribution >= 0.6 is 0 Å². The van der Waals surface area contributed by atoms with Crippen LogP contribution in [0, 0.1) is 29.6 Å². The summed E-state index contributed by atoms with van der Waals surface area (Å²) in [5.41, 5.74) is 0.618. The Hall–Kier alpha value is -3.80. The summed E-state index contributed by atoms with van der Waals surface area (Å²) < 4.78 is 15.0. The molecule has 12 nitrogen and oxygen atoms in total. The van der Waals surface area contributed by atoms with E-state index in [1.165, 1.54) is 6.07 Å². The smallest absolute Gasteiger partial charge is 0.423 e. The van der Waals surface area contributed by atoms with Crippen molar-refractivity contribution in [1.82, 2.24) is 9.80 Å². The zero-order valence-electron chi connectivity index (χ0n) is 18.8. The number of methoxy groups -OCH3 is 2. The SMILES string of the molecule is COC(=O)N1C(=O)[C@H]2[C@H](CC=C3[C@H]2C[C@H]2C(=O)N(C(=O)OC)C(=O)[C@H]2[C@H]3c2ccc(CO)o2)C1=O. The second-order valence-corrected chi connectivity index (χ2v) is 8.95. The number of hydrogen-bond donors (Lipinski definition) is 1. The van der Waals surface area contributed by atoms with Crippen molar-refractivity contribution in [2.75, 3.05) is 14.2 Å². The molecule has 0 spiro atoms. The third-order valence-corrected chi connectivity index (χ3v) is 7.51. The number of carbonyl (C=O) groups excluding carboxylic acids is 6. The van der Waals surface area contributed by atoms with E-state index < -0.39 is 77.9 Å². The van der Waals surface area contributed by atoms with Gasteiger partial charge in [0.2, 0.25) is 23.6 Å². The molecule has 6 amide bonds. The number of amides is 6. The summed E-state index contributed by atoms with van der Waals surface area (Å²) in [4.78, 5) is 78.0. The van der Waals surface area contributed by atoms with Gasteiger partial charge in [0, 0.05) is 0 Å². The second kappa shape index (κ2) is 8.15. The highest BCUT2D eigenvalue weighted by atomic mass is 16.5. The Balaban J connectivity index is 1.62. The van der Waals surface area contributed by atoms with E-state index in [4.69, 9.17) is 4.42 Å². The first kappa shape index (κ1) is 23.0. The fraction of sp³-hybridized carbons (Fsp3) is 0.478. The molecule has 3 fully saturated rings. The zero-order chi connectivity index (χ0) is 25.2. The van der Waals surface area contributed by atoms with Crippen molar-refractivity contribution in [3.63, 3.8) is 0 Å². The van der Waals surface area contributed by atoms with E-state index in [-0.39, 0.29) is 24.4 Å². The van der Waals surface area contributed by atoms with Crippen LogP contribution in [-0.4, -0.2) is 64.9 Å². The van der Waals surface area contributed by atoms with Gasteiger partial charge < -0.3 is 19.0 Å². The molecule has 35 heavy (non-hydrogen) atoms. The number of aliphatic hydroxyl groups is 1. The molecule has 1 saturated carbocycles. The predicted molar refractivity (Wildman–Crippen MR) is 111 cm³/mol. The molecule has 2 aliphatic carbocycles. The minimum Gasteiger partial charge on any atom is -0.463 e. The average Bonchev–Trinajstić information content (AvgIpc) is 3.51. The lowest BCUT2D eigenvalue weighted by Gasteiger charge is -2.42. The van der Waals surface area contributed by atoms with Crippen LogP contribution in [0.15, 0.2) is 28.2 Å². The maximum absolute atomic E-state index is 13.3. The Morgan fingerprint density at radius 1 is 0.914 bits per heavy atom. The summed E-state index contributed by atoms with van der Waals surface area (Å²) in [6, 6.07) is 3.10. The van der Waals surface area contributed by atoms with E-state index in [1.54, 1.807) is 12.1 Å². The van der Waals surface area contributed by atoms with Crippen molar-refractivity contribution in [2.24, 2.45) is 29.6 Å². The molecule has 3 heterocycles. The Bertz CT molecular complexity index is 1200. The number of ether oxygens (including phenoxy) is 2. The molecule has 2 saturated heterocycles. The number of nitrogens with zero attached hydrogens (tertiary/aromatic N) is 2. The first-order valence-corrected chi connectivity index (χ1v) is 11.1. The van der Waals surface area contributed by atoms with Gasteiger partial charge in [-0.2, -0.15) is 9.80 Å². The third-order valence-electron chi connectivity index (χ3n) is 7.51. The molecule has 4 aliphatic rings. The number of aliphatic hydroxyl groups excluding tert-OH is 1. The van der Waals surface area contributed by atoms with E-state index in [1.807, 2.05) is 0 Å². The van der Waals surface area contributed by atoms with Crippen molar-refractivity contribution < 1.29 is 47.8 Å². The summed E-state index contributed by atoms with van der Waals surface area (Å²) >= 11 is 0. The minimum atomic E-state index is -1.11. The minimum absolute atomic E-state index is 0.0217. The maximum atomic E-state index is 13.3. The molecule has 0 bridgehead atoms. The number of rotatable bonds is 2. The standard InChI is InChI=1S/C23H22N2O10/c1-33-22(31)24-18(27)11-5-4-10-12(15(11)20(24)29)7-13-17(16(10)14-6-3-9(8-26)35-14)21(30)25(19(13)28)23(32)34-2/h3-4,6,11-13,15-17,26H,5,7-8H2,1-2H3/t11-,12+,13+,15-,16+,17+/m0/s1. The van der Waals surface area contributed by atoms with Crippen molar-refractivity contribution >= 4 is 35.8 Å². The molecule has 6 atom stereocenters. The van der Waals surface area contributed by atoms with Crippen molar-refractivity contribution in [2.45, 2.75) is 25.4 Å². The van der Waals surface area contributed by atoms with Crippen LogP contribution in [0.3, 0.4) is 0 Å². The maximum Gasteiger partial charge on any atom is 0.423 e. The van der Waals surface area contributed by atoms with Crippen molar-refractivity contribution in [3.8, 4) is 0 Å². The zero-order valence-corrected chi connectivity index (χ0v) is 18.8. The van der Waals surface area contributed by atoms with Gasteiger partial charge in [-0.15, -0.1) is 0 Å². The molecule has 12 heteroatoms. The highest BCUT2D eigenvalue weighted by molar-refractivity contribution is 6.17. The number of likely N-dealkylation sites (tertiary alicyclic amines) is 2. The Morgan fingerprint density at radius 2 is 1.51 bits per heavy atom. The number of allylic oxidation sites excluding steroid dienone is 2. The second-order valence-electron chi connectivity index (χ2n) is 8.95. The van der Waals surface area contributed by atoms with E-state index in [0.29, 0.717) is 15.4 Å². The summed E-state index contributed by atoms with van der Waals surface area (Å²) in [5.74, 6) is -7.60. The first-order chi connectivity index (χ1) is 16.7. The van der Waals surface area contributed by atoms with E-state index in [2.05, 4.69) is 9.47 Å². The van der Waals surface area contributed by atoms with Gasteiger partial charge in [0.15, 0.2) is 0 Å². The number of hydrogen-bond acceptors (Lipinski definition) is 10. The molecular formula is C23H22N2O10. The normalized spacial score (nSPS) is 31.7. The van der Waals surface area contributed by atoms with E-state index in [9.17, 15) is 33.9 Å². The lowest BCUT2D eigenvalue weighted by atomic mass is 9.58. The Kier molecular flexibility index (Phi) is 5.35. The Morgan fingerprint density at radius 3 is 2.09 bits per heavy atom. The molecule has 2 aliphatic heterocycles. The van der Waals surface area contributed by atoms with Gasteiger partial charge in [-0.3, -0.25) is 19.2 Å². The molecule has 0 radical (unpaired) electrons. The van der Waals surface area contributed by atoms with Gasteiger partial charge in [-0.05, 0) is 30.9 Å². The molecule has 1 aromatic heterocycles. The van der Waals surface area contributed by atoms with Crippen molar-refractivity contribution in [1.29, 1.82) is 0 Å². The predicted octanol–water partition coefficient (Wildman–Crippen LogP) is 0.941. The van der Waals surface area contributed by atoms with Crippen LogP contribution in [0.5, 0.6) is 0 Å². The quantitative estimate of drug-likeness (QED) is 0.470. The molecule has 1 aromatic rings. The molecule has 1 N–H and O–H groups in total. The third kappa shape index (κ3) is 3.09. The van der Waals surface area contributed by atoms with Gasteiger partial charge in [-0.1, -0.05) is 11.6 Å². The number of imide groups is 6. The van der Waals surface area contributed by atoms with Gasteiger partial charge in [0.05, 0.1) is 43.8 Å². The van der Waals surface area contributed by atoms with Gasteiger partial charge in [-0.25, -0.2) is 9.59 Å². The van der Waals surface area contributed by atoms with Gasteiger partial charge in [0.1, 0.15) is 18.1 Å². The fourth-order valence-corrected chi connectivity index (χ4v) is 6.09. The summed E-state index contributed by atoms with van der Waals surface area (Å²) in [7, 11) is 2.12. The van der Waals surface area contributed by atoms with Crippen molar-refractivity contribution in [3.05, 3.63) is 35.3 Å². The number of carbonyl (C=O) groups is 6. The van der Waals surface area contributed by atoms with E-state index in [0.717, 1.165) is 14.2 Å². The summed E-state index contributed by atoms with van der Waals surface area (Å²) in [6.45, 7) is -0.393. The van der Waals surface area contributed by atoms with Crippen LogP contribution in [0.1, 0.15) is 30.3 Å². The number of furan rings is 1. The molecule has 0 unspecified atom stereocenters. The molecular weight excluding hydrogens is 464 g/mol. The highest BCUT2D eigenvalue weighted by Gasteiger charge is 2.64. The molecule has 5 rings (SSSR count). The average molecular weight is 486 g/mol. The van der Waals surface area contributed by atoms with Gasteiger partial charge in [0.25, 0.3) is 0 Å². The van der Waals surface area contributed by atoms with Crippen LogP contribution in [-0.2, 0) is 35.3 Å². The Labute approximate surface area is 198 Å². The largest absolute Gasteiger partial charge is 0.463 e. The molecule has 0 aromatic carbocycles. The fourth-order valence-electron chi connectivity index (χ4n) is 6.09. The van der Waals surface area contributed by atoms with Crippen LogP contribution in [0.4, 0.5) is 9.59 Å². The lowest BCUT2D eigenvalue weighted by molar-refractivity contribution is -0.139. The highest BCUT2D eigenvalue weighted by Crippen LogP contribution is 2.58. The lowest BCUT2D eigenvalue weighted by Crippen LogP contribution is -2.43. The molecule has 184 valence electrons. The van der Waals surface area contributed by atoms with Crippen LogP contribution < -0.4 is 0 Å². The first-order valence-electron chi connectivity index (χ1n) is 11.1. The number of fused-ring (bicyclic) bond motifs is 4. The van der Waals surface area contributed by atoms with E-state index >= 15 is 0 Å². The monoisotopic (exact) mass is 486 g/mol. The summed E-state index contributed by atoms with van der Waals surface area (Å²) in [6.07, 6.45) is -0.281.